The van der Waals surface area contributed by atoms with Crippen molar-refractivity contribution in [3.05, 3.63) is 6.20 Å². The number of carbonyl (C=O) groups excluding carboxylic acids is 2. The van der Waals surface area contributed by atoms with Gasteiger partial charge in [-0.1, -0.05) is 28.4 Å². The Morgan fingerprint density at radius 3 is 2.96 bits per heavy atom. The molecular formula is C12H13Cl2N5O4S2. The number of carboxylic acids is 1. The fourth-order valence-corrected chi connectivity index (χ4v) is 5.37. The Balaban J connectivity index is 1.66. The number of aromatic amines is 1. The molecule has 3 rings (SSSR count). The van der Waals surface area contributed by atoms with Crippen molar-refractivity contribution >= 4 is 64.5 Å². The summed E-state index contributed by atoms with van der Waals surface area (Å²) in [5, 5.41) is 22.4. The highest BCUT2D eigenvalue weighted by Gasteiger charge is 2.57. The summed E-state index contributed by atoms with van der Waals surface area (Å²) in [5.74, 6) is -1.38. The average Bonchev–Trinajstić information content (AvgIpc) is 3.10. The van der Waals surface area contributed by atoms with Gasteiger partial charge in [0.05, 0.1) is 6.20 Å². The lowest BCUT2D eigenvalue weighted by Crippen LogP contribution is -2.74. The number of hydrogen-bond acceptors (Lipinski definition) is 7. The number of β-lactam (4-membered cyclic amide) rings is 1. The first kappa shape index (κ1) is 18.6. The van der Waals surface area contributed by atoms with Crippen molar-refractivity contribution in [2.75, 3.05) is 18.1 Å². The lowest BCUT2D eigenvalue weighted by atomic mass is 9.89. The van der Waals surface area contributed by atoms with Crippen LogP contribution in [0.2, 0.25) is 0 Å². The minimum atomic E-state index is -1.26. The molecule has 9 nitrogen and oxygen atoms in total. The molecule has 0 saturated carbocycles. The topological polar surface area (TPSA) is 128 Å². The van der Waals surface area contributed by atoms with Gasteiger partial charge in [-0.15, -0.1) is 28.6 Å². The number of amides is 2. The highest BCUT2D eigenvalue weighted by molar-refractivity contribution is 8.00. The number of thioether (sulfide) groups is 2. The van der Waals surface area contributed by atoms with Gasteiger partial charge in [-0.05, 0) is 0 Å². The standard InChI is InChI=1S/C12H13Cl2N5O4S2/c13-7(14)8(20)16-6-9(21)19-2-12(11(22)23,4-25-10(6)19)3-24-5-1-15-18-17-5/h1,6-7,10H,2-4H2,(H,16,20)(H,22,23)(H,15,17,18)/t6?,10-,12?/m1/s1. The Kier molecular flexibility index (Phi) is 5.37. The SMILES string of the molecule is O=C(NC1C(=O)N2CC(CSc3cnn[nH]3)(C(=O)O)CS[C@H]12)C(Cl)Cl. The van der Waals surface area contributed by atoms with Crippen molar-refractivity contribution in [1.29, 1.82) is 0 Å². The van der Waals surface area contributed by atoms with E-state index in [1.54, 1.807) is 0 Å². The third-order valence-electron chi connectivity index (χ3n) is 3.99. The zero-order chi connectivity index (χ0) is 18.2. The lowest BCUT2D eigenvalue weighted by Gasteiger charge is -2.53. The third-order valence-corrected chi connectivity index (χ3v) is 7.18. The van der Waals surface area contributed by atoms with Gasteiger partial charge in [0.25, 0.3) is 5.91 Å². The van der Waals surface area contributed by atoms with Crippen molar-refractivity contribution < 1.29 is 19.5 Å². The number of rotatable bonds is 6. The summed E-state index contributed by atoms with van der Waals surface area (Å²) in [7, 11) is 0. The number of fused-ring (bicyclic) bond motifs is 1. The van der Waals surface area contributed by atoms with E-state index >= 15 is 0 Å². The van der Waals surface area contributed by atoms with Crippen molar-refractivity contribution in [2.45, 2.75) is 21.3 Å². The van der Waals surface area contributed by atoms with E-state index in [9.17, 15) is 19.5 Å². The number of nitrogens with one attached hydrogen (secondary N) is 2. The molecule has 2 amide bonds. The quantitative estimate of drug-likeness (QED) is 0.334. The van der Waals surface area contributed by atoms with E-state index in [-0.39, 0.29) is 23.6 Å². The number of H-pyrrole nitrogens is 1. The molecule has 3 heterocycles. The summed E-state index contributed by atoms with van der Waals surface area (Å²) in [5.41, 5.74) is -1.09. The second kappa shape index (κ2) is 7.22. The highest BCUT2D eigenvalue weighted by Crippen LogP contribution is 2.44. The van der Waals surface area contributed by atoms with Crippen LogP contribution in [-0.2, 0) is 14.4 Å². The van der Waals surface area contributed by atoms with Gasteiger partial charge in [-0.25, -0.2) is 0 Å². The van der Waals surface area contributed by atoms with E-state index in [1.165, 1.54) is 34.6 Å². The van der Waals surface area contributed by atoms with E-state index < -0.39 is 28.2 Å². The lowest BCUT2D eigenvalue weighted by molar-refractivity contribution is -0.157. The van der Waals surface area contributed by atoms with E-state index in [4.69, 9.17) is 23.2 Å². The van der Waals surface area contributed by atoms with Crippen LogP contribution < -0.4 is 5.32 Å². The first-order valence-corrected chi connectivity index (χ1v) is 9.98. The minimum Gasteiger partial charge on any atom is -0.481 e. The fourth-order valence-electron chi connectivity index (χ4n) is 2.60. The van der Waals surface area contributed by atoms with E-state index in [0.717, 1.165) is 0 Å². The van der Waals surface area contributed by atoms with E-state index in [2.05, 4.69) is 20.7 Å². The van der Waals surface area contributed by atoms with Crippen LogP contribution in [0.25, 0.3) is 0 Å². The second-order valence-electron chi connectivity index (χ2n) is 5.65. The van der Waals surface area contributed by atoms with E-state index in [0.29, 0.717) is 10.8 Å². The van der Waals surface area contributed by atoms with Gasteiger partial charge in [-0.3, -0.25) is 19.5 Å². The fraction of sp³-hybridized carbons (Fsp3) is 0.583. The minimum absolute atomic E-state index is 0.0744. The first-order valence-electron chi connectivity index (χ1n) is 7.07. The molecule has 0 aromatic carbocycles. The van der Waals surface area contributed by atoms with Crippen LogP contribution in [0.15, 0.2) is 11.2 Å². The Bertz CT molecular complexity index is 691. The van der Waals surface area contributed by atoms with Gasteiger partial charge < -0.3 is 15.3 Å². The molecule has 2 aliphatic heterocycles. The number of aliphatic carboxylic acids is 1. The molecule has 1 aromatic rings. The molecule has 0 aliphatic carbocycles. The number of alkyl halides is 2. The molecule has 2 aliphatic rings. The molecular weight excluding hydrogens is 413 g/mol. The molecule has 13 heteroatoms. The molecule has 3 atom stereocenters. The van der Waals surface area contributed by atoms with Crippen LogP contribution in [0.3, 0.4) is 0 Å². The predicted molar refractivity (Wildman–Crippen MR) is 92.6 cm³/mol. The zero-order valence-electron chi connectivity index (χ0n) is 12.5. The second-order valence-corrected chi connectivity index (χ2v) is 8.87. The summed E-state index contributed by atoms with van der Waals surface area (Å²) >= 11 is 13.6. The summed E-state index contributed by atoms with van der Waals surface area (Å²) in [4.78, 5) is 35.9. The summed E-state index contributed by atoms with van der Waals surface area (Å²) < 4.78 is 0. The van der Waals surface area contributed by atoms with Crippen LogP contribution in [0.1, 0.15) is 0 Å². The number of carboxylic acid groups (broad SMARTS) is 1. The van der Waals surface area contributed by atoms with Gasteiger partial charge in [0, 0.05) is 18.1 Å². The van der Waals surface area contributed by atoms with Crippen LogP contribution in [-0.4, -0.2) is 77.5 Å². The van der Waals surface area contributed by atoms with Crippen molar-refractivity contribution in [2.24, 2.45) is 5.41 Å². The maximum Gasteiger partial charge on any atom is 0.313 e. The summed E-state index contributed by atoms with van der Waals surface area (Å²) in [6.45, 7) is 0.0744. The third kappa shape index (κ3) is 3.55. The number of aromatic nitrogens is 3. The van der Waals surface area contributed by atoms with Crippen molar-refractivity contribution in [3.63, 3.8) is 0 Å². The molecule has 3 N–H and O–H groups in total. The van der Waals surface area contributed by atoms with Gasteiger partial charge in [0.2, 0.25) is 5.91 Å². The monoisotopic (exact) mass is 425 g/mol. The maximum absolute atomic E-state index is 12.3. The number of halogens is 2. The largest absolute Gasteiger partial charge is 0.481 e. The Labute approximate surface area is 160 Å². The molecule has 2 unspecified atom stereocenters. The zero-order valence-corrected chi connectivity index (χ0v) is 15.7. The summed E-state index contributed by atoms with van der Waals surface area (Å²) in [6.07, 6.45) is 1.51. The summed E-state index contributed by atoms with van der Waals surface area (Å²) in [6, 6.07) is -0.728. The molecule has 0 spiro atoms. The Hall–Kier alpha value is -1.17. The van der Waals surface area contributed by atoms with Gasteiger partial charge >= 0.3 is 5.97 Å². The van der Waals surface area contributed by atoms with Crippen molar-refractivity contribution in [3.8, 4) is 0 Å². The average molecular weight is 426 g/mol. The Morgan fingerprint density at radius 2 is 2.36 bits per heavy atom. The normalized spacial score (nSPS) is 28.4. The predicted octanol–water partition coefficient (Wildman–Crippen LogP) is 0.171. The van der Waals surface area contributed by atoms with Gasteiger partial charge in [-0.2, -0.15) is 0 Å². The maximum atomic E-state index is 12.3. The molecule has 2 fully saturated rings. The number of carbonyl (C=O) groups is 3. The van der Waals surface area contributed by atoms with E-state index in [1.807, 2.05) is 0 Å². The molecule has 136 valence electrons. The van der Waals surface area contributed by atoms with Crippen molar-refractivity contribution in [1.82, 2.24) is 25.6 Å². The first-order chi connectivity index (χ1) is 11.8. The van der Waals surface area contributed by atoms with Gasteiger partial charge in [0.1, 0.15) is 21.9 Å². The Morgan fingerprint density at radius 1 is 1.60 bits per heavy atom. The van der Waals surface area contributed by atoms with Crippen LogP contribution in [0, 0.1) is 5.41 Å². The van der Waals surface area contributed by atoms with Gasteiger partial charge in [0.15, 0.2) is 4.84 Å². The highest BCUT2D eigenvalue weighted by atomic mass is 35.5. The molecule has 0 radical (unpaired) electrons. The van der Waals surface area contributed by atoms with Crippen LogP contribution >= 0.6 is 46.7 Å². The molecule has 2 saturated heterocycles. The number of hydrogen-bond donors (Lipinski definition) is 3. The van der Waals surface area contributed by atoms with Crippen LogP contribution in [0.4, 0.5) is 0 Å². The molecule has 25 heavy (non-hydrogen) atoms. The number of nitrogens with zero attached hydrogens (tertiary/aromatic N) is 3. The molecule has 1 aromatic heterocycles. The van der Waals surface area contributed by atoms with Crippen LogP contribution in [0.5, 0.6) is 0 Å². The molecule has 0 bridgehead atoms. The smallest absolute Gasteiger partial charge is 0.313 e.